The van der Waals surface area contributed by atoms with Gasteiger partial charge < -0.3 is 0 Å². The number of anilines is 1. The maximum absolute atomic E-state index is 12.2. The third-order valence-corrected chi connectivity index (χ3v) is 5.76. The normalized spacial score (nSPS) is 11.6. The number of hydrogen-bond donors (Lipinski definition) is 1. The van der Waals surface area contributed by atoms with E-state index in [1.165, 1.54) is 33.9 Å². The Labute approximate surface area is 149 Å². The van der Waals surface area contributed by atoms with Crippen LogP contribution in [0.4, 0.5) is 5.13 Å². The van der Waals surface area contributed by atoms with Gasteiger partial charge in [0.05, 0.1) is 5.75 Å². The minimum absolute atomic E-state index is 0.0572. The molecule has 1 N–H and O–H groups in total. The first-order chi connectivity index (χ1) is 11.4. The van der Waals surface area contributed by atoms with Crippen molar-refractivity contribution < 1.29 is 4.79 Å². The van der Waals surface area contributed by atoms with Crippen LogP contribution in [0.25, 0.3) is 10.8 Å². The van der Waals surface area contributed by atoms with Gasteiger partial charge in [-0.05, 0) is 16.8 Å². The Morgan fingerprint density at radius 1 is 1.12 bits per heavy atom. The van der Waals surface area contributed by atoms with E-state index in [0.717, 1.165) is 9.90 Å². The number of amides is 1. The number of hydrogen-bond acceptors (Lipinski definition) is 5. The molecule has 0 atom stereocenters. The molecule has 0 aliphatic heterocycles. The highest BCUT2D eigenvalue weighted by molar-refractivity contribution is 8.00. The second-order valence-electron chi connectivity index (χ2n) is 6.48. The zero-order valence-electron chi connectivity index (χ0n) is 13.9. The standard InChI is InChI=1S/C18H19N3OS2/c1-18(2,3)16-20-21-17(24-16)19-15(22)11-23-14-10-6-8-12-7-4-5-9-13(12)14/h4-10H,11H2,1-3H3,(H,19,21,22). The van der Waals surface area contributed by atoms with Crippen molar-refractivity contribution >= 4 is 44.9 Å². The molecule has 0 radical (unpaired) electrons. The Bertz CT molecular complexity index is 863. The number of rotatable bonds is 4. The Hall–Kier alpha value is -1.92. The highest BCUT2D eigenvalue weighted by Crippen LogP contribution is 2.29. The number of fused-ring (bicyclic) bond motifs is 1. The van der Waals surface area contributed by atoms with Gasteiger partial charge in [-0.1, -0.05) is 68.5 Å². The van der Waals surface area contributed by atoms with Gasteiger partial charge in [0, 0.05) is 10.3 Å². The van der Waals surface area contributed by atoms with Crippen molar-refractivity contribution in [2.75, 3.05) is 11.1 Å². The van der Waals surface area contributed by atoms with E-state index in [0.29, 0.717) is 10.9 Å². The fourth-order valence-corrected chi connectivity index (χ4v) is 3.89. The van der Waals surface area contributed by atoms with Crippen molar-refractivity contribution in [2.24, 2.45) is 0 Å². The topological polar surface area (TPSA) is 54.9 Å². The van der Waals surface area contributed by atoms with Crippen LogP contribution in [-0.4, -0.2) is 21.9 Å². The summed E-state index contributed by atoms with van der Waals surface area (Å²) in [6.07, 6.45) is 0. The smallest absolute Gasteiger partial charge is 0.236 e. The largest absolute Gasteiger partial charge is 0.300 e. The molecular formula is C18H19N3OS2. The molecule has 3 aromatic rings. The summed E-state index contributed by atoms with van der Waals surface area (Å²) in [5, 5.41) is 14.9. The van der Waals surface area contributed by atoms with E-state index in [4.69, 9.17) is 0 Å². The minimum Gasteiger partial charge on any atom is -0.300 e. The maximum atomic E-state index is 12.2. The third kappa shape index (κ3) is 3.94. The summed E-state index contributed by atoms with van der Waals surface area (Å²) in [6, 6.07) is 14.3. The second kappa shape index (κ2) is 6.91. The van der Waals surface area contributed by atoms with E-state index in [2.05, 4.69) is 54.5 Å². The van der Waals surface area contributed by atoms with Crippen LogP contribution in [0.2, 0.25) is 0 Å². The number of nitrogens with one attached hydrogen (secondary N) is 1. The zero-order chi connectivity index (χ0) is 17.2. The average molecular weight is 358 g/mol. The molecule has 0 bridgehead atoms. The summed E-state index contributed by atoms with van der Waals surface area (Å²) in [4.78, 5) is 13.3. The molecule has 0 fully saturated rings. The molecule has 4 nitrogen and oxygen atoms in total. The van der Waals surface area contributed by atoms with Gasteiger partial charge in [0.15, 0.2) is 0 Å². The van der Waals surface area contributed by atoms with Crippen molar-refractivity contribution in [3.05, 3.63) is 47.5 Å². The lowest BCUT2D eigenvalue weighted by Crippen LogP contribution is -2.13. The van der Waals surface area contributed by atoms with Gasteiger partial charge in [0.1, 0.15) is 5.01 Å². The summed E-state index contributed by atoms with van der Waals surface area (Å²) in [5.41, 5.74) is -0.0572. The average Bonchev–Trinajstić information content (AvgIpc) is 3.01. The van der Waals surface area contributed by atoms with Crippen molar-refractivity contribution in [1.29, 1.82) is 0 Å². The first-order valence-corrected chi connectivity index (χ1v) is 9.48. The van der Waals surface area contributed by atoms with E-state index >= 15 is 0 Å². The molecule has 1 heterocycles. The van der Waals surface area contributed by atoms with Gasteiger partial charge in [-0.25, -0.2) is 0 Å². The molecule has 0 saturated heterocycles. The molecule has 0 saturated carbocycles. The first kappa shape index (κ1) is 16.9. The Balaban J connectivity index is 1.64. The van der Waals surface area contributed by atoms with E-state index in [-0.39, 0.29) is 11.3 Å². The number of aromatic nitrogens is 2. The van der Waals surface area contributed by atoms with Gasteiger partial charge >= 0.3 is 0 Å². The third-order valence-electron chi connectivity index (χ3n) is 3.42. The highest BCUT2D eigenvalue weighted by Gasteiger charge is 2.20. The molecule has 24 heavy (non-hydrogen) atoms. The molecule has 0 unspecified atom stereocenters. The van der Waals surface area contributed by atoms with Crippen LogP contribution in [-0.2, 0) is 10.2 Å². The summed E-state index contributed by atoms with van der Waals surface area (Å²) in [6.45, 7) is 6.24. The molecule has 6 heteroatoms. The quantitative estimate of drug-likeness (QED) is 0.687. The van der Waals surface area contributed by atoms with Gasteiger partial charge in [0.2, 0.25) is 11.0 Å². The van der Waals surface area contributed by atoms with Crippen LogP contribution in [0.15, 0.2) is 47.4 Å². The maximum Gasteiger partial charge on any atom is 0.236 e. The molecule has 1 aromatic heterocycles. The number of carbonyl (C=O) groups is 1. The summed E-state index contributed by atoms with van der Waals surface area (Å²) >= 11 is 2.96. The first-order valence-electron chi connectivity index (χ1n) is 7.68. The molecule has 124 valence electrons. The lowest BCUT2D eigenvalue weighted by Gasteiger charge is -2.12. The van der Waals surface area contributed by atoms with Gasteiger partial charge in [-0.15, -0.1) is 22.0 Å². The molecule has 0 spiro atoms. The van der Waals surface area contributed by atoms with Crippen molar-refractivity contribution in [2.45, 2.75) is 31.1 Å². The van der Waals surface area contributed by atoms with E-state index < -0.39 is 0 Å². The van der Waals surface area contributed by atoms with Crippen molar-refractivity contribution in [1.82, 2.24) is 10.2 Å². The van der Waals surface area contributed by atoms with Crippen molar-refractivity contribution in [3.8, 4) is 0 Å². The van der Waals surface area contributed by atoms with Crippen LogP contribution >= 0.6 is 23.1 Å². The fourth-order valence-electron chi connectivity index (χ4n) is 2.20. The predicted molar refractivity (Wildman–Crippen MR) is 102 cm³/mol. The lowest BCUT2D eigenvalue weighted by molar-refractivity contribution is -0.113. The van der Waals surface area contributed by atoms with Crippen LogP contribution in [0.5, 0.6) is 0 Å². The number of benzene rings is 2. The molecule has 0 aliphatic rings. The number of carbonyl (C=O) groups excluding carboxylic acids is 1. The fraction of sp³-hybridized carbons (Fsp3) is 0.278. The van der Waals surface area contributed by atoms with Crippen LogP contribution < -0.4 is 5.32 Å². The summed E-state index contributed by atoms with van der Waals surface area (Å²) in [5.74, 6) is 0.280. The van der Waals surface area contributed by atoms with Crippen LogP contribution in [0.3, 0.4) is 0 Å². The summed E-state index contributed by atoms with van der Waals surface area (Å²) in [7, 11) is 0. The molecule has 3 rings (SSSR count). The van der Waals surface area contributed by atoms with E-state index in [9.17, 15) is 4.79 Å². The molecule has 1 amide bonds. The monoisotopic (exact) mass is 357 g/mol. The Kier molecular flexibility index (Phi) is 4.87. The van der Waals surface area contributed by atoms with Gasteiger partial charge in [-0.2, -0.15) is 0 Å². The number of nitrogens with zero attached hydrogens (tertiary/aromatic N) is 2. The second-order valence-corrected chi connectivity index (χ2v) is 8.47. The van der Waals surface area contributed by atoms with E-state index in [1.54, 1.807) is 0 Å². The van der Waals surface area contributed by atoms with Gasteiger partial charge in [-0.3, -0.25) is 10.1 Å². The minimum atomic E-state index is -0.0652. The Morgan fingerprint density at radius 3 is 2.62 bits per heavy atom. The Morgan fingerprint density at radius 2 is 1.88 bits per heavy atom. The SMILES string of the molecule is CC(C)(C)c1nnc(NC(=O)CSc2cccc3ccccc23)s1. The van der Waals surface area contributed by atoms with Crippen LogP contribution in [0.1, 0.15) is 25.8 Å². The van der Waals surface area contributed by atoms with Gasteiger partial charge in [0.25, 0.3) is 0 Å². The highest BCUT2D eigenvalue weighted by atomic mass is 32.2. The van der Waals surface area contributed by atoms with E-state index in [1.807, 2.05) is 24.3 Å². The molecule has 2 aromatic carbocycles. The molecular weight excluding hydrogens is 338 g/mol. The molecule has 0 aliphatic carbocycles. The number of thioether (sulfide) groups is 1. The van der Waals surface area contributed by atoms with Crippen LogP contribution in [0, 0.1) is 0 Å². The zero-order valence-corrected chi connectivity index (χ0v) is 15.5. The predicted octanol–water partition coefficient (Wildman–Crippen LogP) is 4.72. The lowest BCUT2D eigenvalue weighted by atomic mass is 9.98. The van der Waals surface area contributed by atoms with Crippen molar-refractivity contribution in [3.63, 3.8) is 0 Å². The summed E-state index contributed by atoms with van der Waals surface area (Å²) < 4.78 is 0.